The van der Waals surface area contributed by atoms with Crippen molar-refractivity contribution in [1.82, 2.24) is 14.9 Å². The SMILES string of the molecule is Nc1nc2ccc(O)cc2n1C1CCNC1. The van der Waals surface area contributed by atoms with Crippen molar-refractivity contribution in [3.05, 3.63) is 18.2 Å². The topological polar surface area (TPSA) is 76.1 Å². The highest BCUT2D eigenvalue weighted by Crippen LogP contribution is 2.28. The van der Waals surface area contributed by atoms with Gasteiger partial charge in [-0.3, -0.25) is 0 Å². The van der Waals surface area contributed by atoms with Crippen LogP contribution in [-0.4, -0.2) is 27.7 Å². The quantitative estimate of drug-likeness (QED) is 0.663. The van der Waals surface area contributed by atoms with Gasteiger partial charge in [0, 0.05) is 12.6 Å². The first-order chi connectivity index (χ1) is 7.75. The number of benzene rings is 1. The van der Waals surface area contributed by atoms with Crippen LogP contribution in [0.5, 0.6) is 5.75 Å². The third kappa shape index (κ3) is 1.32. The lowest BCUT2D eigenvalue weighted by Gasteiger charge is -2.13. The first-order valence-corrected chi connectivity index (χ1v) is 5.43. The van der Waals surface area contributed by atoms with E-state index < -0.39 is 0 Å². The average Bonchev–Trinajstić information content (AvgIpc) is 2.83. The molecule has 16 heavy (non-hydrogen) atoms. The monoisotopic (exact) mass is 218 g/mol. The lowest BCUT2D eigenvalue weighted by molar-refractivity contribution is 0.475. The molecule has 1 aliphatic rings. The number of phenols is 1. The zero-order valence-electron chi connectivity index (χ0n) is 8.85. The van der Waals surface area contributed by atoms with Crippen molar-refractivity contribution in [3.8, 4) is 5.75 Å². The van der Waals surface area contributed by atoms with Gasteiger partial charge in [-0.15, -0.1) is 0 Å². The molecular formula is C11H14N4O. The maximum atomic E-state index is 9.51. The molecule has 1 unspecified atom stereocenters. The maximum absolute atomic E-state index is 9.51. The Kier molecular flexibility index (Phi) is 2.00. The number of anilines is 1. The molecule has 5 nitrogen and oxygen atoms in total. The van der Waals surface area contributed by atoms with E-state index in [1.54, 1.807) is 18.2 Å². The van der Waals surface area contributed by atoms with Crippen LogP contribution >= 0.6 is 0 Å². The Morgan fingerprint density at radius 1 is 1.50 bits per heavy atom. The van der Waals surface area contributed by atoms with Gasteiger partial charge in [0.1, 0.15) is 5.75 Å². The summed E-state index contributed by atoms with van der Waals surface area (Å²) in [5.74, 6) is 0.772. The minimum absolute atomic E-state index is 0.250. The van der Waals surface area contributed by atoms with Crippen molar-refractivity contribution in [3.63, 3.8) is 0 Å². The normalized spacial score (nSPS) is 20.6. The summed E-state index contributed by atoms with van der Waals surface area (Å²) in [7, 11) is 0. The molecule has 0 saturated carbocycles. The summed E-state index contributed by atoms with van der Waals surface area (Å²) >= 11 is 0. The summed E-state index contributed by atoms with van der Waals surface area (Å²) in [6, 6.07) is 5.48. The molecule has 0 radical (unpaired) electrons. The second kappa shape index (κ2) is 3.38. The fraction of sp³-hybridized carbons (Fsp3) is 0.364. The van der Waals surface area contributed by atoms with Crippen molar-refractivity contribution in [2.75, 3.05) is 18.8 Å². The molecular weight excluding hydrogens is 204 g/mol. The molecule has 4 N–H and O–H groups in total. The van der Waals surface area contributed by atoms with Crippen LogP contribution < -0.4 is 11.1 Å². The Labute approximate surface area is 92.9 Å². The van der Waals surface area contributed by atoms with Crippen molar-refractivity contribution < 1.29 is 5.11 Å². The number of aromatic hydroxyl groups is 1. The smallest absolute Gasteiger partial charge is 0.201 e. The molecule has 0 amide bonds. The minimum atomic E-state index is 0.250. The number of hydrogen-bond acceptors (Lipinski definition) is 4. The second-order valence-electron chi connectivity index (χ2n) is 4.16. The average molecular weight is 218 g/mol. The highest BCUT2D eigenvalue weighted by Gasteiger charge is 2.21. The maximum Gasteiger partial charge on any atom is 0.201 e. The number of imidazole rings is 1. The minimum Gasteiger partial charge on any atom is -0.508 e. The second-order valence-corrected chi connectivity index (χ2v) is 4.16. The number of phenolic OH excluding ortho intramolecular Hbond substituents is 1. The zero-order valence-corrected chi connectivity index (χ0v) is 8.85. The Hall–Kier alpha value is -1.75. The van der Waals surface area contributed by atoms with Crippen LogP contribution in [0.3, 0.4) is 0 Å². The number of nitrogen functional groups attached to an aromatic ring is 1. The zero-order chi connectivity index (χ0) is 11.1. The summed E-state index contributed by atoms with van der Waals surface area (Å²) < 4.78 is 2.01. The summed E-state index contributed by atoms with van der Waals surface area (Å²) in [6.07, 6.45) is 1.05. The Morgan fingerprint density at radius 3 is 3.12 bits per heavy atom. The Balaban J connectivity index is 2.20. The van der Waals surface area contributed by atoms with Crippen LogP contribution in [0.1, 0.15) is 12.5 Å². The van der Waals surface area contributed by atoms with E-state index in [-0.39, 0.29) is 5.75 Å². The van der Waals surface area contributed by atoms with Gasteiger partial charge in [-0.2, -0.15) is 0 Å². The summed E-state index contributed by atoms with van der Waals surface area (Å²) in [4.78, 5) is 4.30. The molecule has 5 heteroatoms. The number of fused-ring (bicyclic) bond motifs is 1. The summed E-state index contributed by atoms with van der Waals surface area (Å²) in [5.41, 5.74) is 7.67. The van der Waals surface area contributed by atoms with Crippen LogP contribution in [0.4, 0.5) is 5.95 Å². The van der Waals surface area contributed by atoms with E-state index in [4.69, 9.17) is 5.73 Å². The molecule has 1 aromatic heterocycles. The molecule has 0 spiro atoms. The molecule has 0 aliphatic carbocycles. The van der Waals surface area contributed by atoms with Crippen LogP contribution in [-0.2, 0) is 0 Å². The number of hydrogen-bond donors (Lipinski definition) is 3. The molecule has 1 atom stereocenters. The fourth-order valence-electron chi connectivity index (χ4n) is 2.34. The molecule has 1 fully saturated rings. The lowest BCUT2D eigenvalue weighted by Crippen LogP contribution is -2.15. The molecule has 1 aromatic carbocycles. The number of rotatable bonds is 1. The molecule has 2 heterocycles. The predicted molar refractivity (Wildman–Crippen MR) is 62.3 cm³/mol. The summed E-state index contributed by atoms with van der Waals surface area (Å²) in [6.45, 7) is 1.91. The van der Waals surface area contributed by atoms with Crippen molar-refractivity contribution in [1.29, 1.82) is 0 Å². The third-order valence-corrected chi connectivity index (χ3v) is 3.10. The van der Waals surface area contributed by atoms with Crippen molar-refractivity contribution in [2.24, 2.45) is 0 Å². The Morgan fingerprint density at radius 2 is 2.38 bits per heavy atom. The van der Waals surface area contributed by atoms with E-state index in [2.05, 4.69) is 10.3 Å². The first kappa shape index (κ1) is 9.47. The van der Waals surface area contributed by atoms with Gasteiger partial charge in [0.15, 0.2) is 0 Å². The highest BCUT2D eigenvalue weighted by atomic mass is 16.3. The molecule has 0 bridgehead atoms. The highest BCUT2D eigenvalue weighted by molar-refractivity contribution is 5.80. The third-order valence-electron chi connectivity index (χ3n) is 3.10. The van der Waals surface area contributed by atoms with Gasteiger partial charge < -0.3 is 20.7 Å². The first-order valence-electron chi connectivity index (χ1n) is 5.43. The number of nitrogens with one attached hydrogen (secondary N) is 1. The van der Waals surface area contributed by atoms with Crippen LogP contribution in [0, 0.1) is 0 Å². The van der Waals surface area contributed by atoms with E-state index in [1.165, 1.54) is 0 Å². The van der Waals surface area contributed by atoms with E-state index in [1.807, 2.05) is 4.57 Å². The van der Waals surface area contributed by atoms with Crippen molar-refractivity contribution in [2.45, 2.75) is 12.5 Å². The number of nitrogens with zero attached hydrogens (tertiary/aromatic N) is 2. The van der Waals surface area contributed by atoms with Gasteiger partial charge in [0.25, 0.3) is 0 Å². The molecule has 1 aliphatic heterocycles. The number of aromatic nitrogens is 2. The van der Waals surface area contributed by atoms with Gasteiger partial charge in [-0.05, 0) is 25.1 Å². The van der Waals surface area contributed by atoms with E-state index in [9.17, 15) is 5.11 Å². The number of nitrogens with two attached hydrogens (primary N) is 1. The van der Waals surface area contributed by atoms with E-state index >= 15 is 0 Å². The van der Waals surface area contributed by atoms with Gasteiger partial charge >= 0.3 is 0 Å². The molecule has 84 valence electrons. The van der Waals surface area contributed by atoms with E-state index in [0.717, 1.165) is 30.5 Å². The van der Waals surface area contributed by atoms with Crippen LogP contribution in [0.15, 0.2) is 18.2 Å². The van der Waals surface area contributed by atoms with Gasteiger partial charge in [-0.1, -0.05) is 0 Å². The predicted octanol–water partition coefficient (Wildman–Crippen LogP) is 0.859. The largest absolute Gasteiger partial charge is 0.508 e. The Bertz CT molecular complexity index is 528. The summed E-state index contributed by atoms with van der Waals surface area (Å²) in [5, 5.41) is 12.8. The fourth-order valence-corrected chi connectivity index (χ4v) is 2.34. The van der Waals surface area contributed by atoms with Crippen LogP contribution in [0.2, 0.25) is 0 Å². The molecule has 2 aromatic rings. The van der Waals surface area contributed by atoms with Gasteiger partial charge in [0.2, 0.25) is 5.95 Å². The van der Waals surface area contributed by atoms with Gasteiger partial charge in [0.05, 0.1) is 17.1 Å². The standard InChI is InChI=1S/C11H14N4O/c12-11-14-9-2-1-8(16)5-10(9)15(11)7-3-4-13-6-7/h1-2,5,7,13,16H,3-4,6H2,(H2,12,14). The van der Waals surface area contributed by atoms with Crippen LogP contribution in [0.25, 0.3) is 11.0 Å². The van der Waals surface area contributed by atoms with Crippen molar-refractivity contribution >= 4 is 17.0 Å². The molecule has 1 saturated heterocycles. The lowest BCUT2D eigenvalue weighted by atomic mass is 10.2. The van der Waals surface area contributed by atoms with E-state index in [0.29, 0.717) is 12.0 Å². The molecule has 3 rings (SSSR count). The van der Waals surface area contributed by atoms with Gasteiger partial charge in [-0.25, -0.2) is 4.98 Å².